The summed E-state index contributed by atoms with van der Waals surface area (Å²) in [5.41, 5.74) is 1.51. The zero-order chi connectivity index (χ0) is 15.2. The number of aryl methyl sites for hydroxylation is 1. The lowest BCUT2D eigenvalue weighted by molar-refractivity contribution is 0.00346. The Bertz CT molecular complexity index is 553. The summed E-state index contributed by atoms with van der Waals surface area (Å²) in [4.78, 5) is 18.7. The first-order valence-corrected chi connectivity index (χ1v) is 7.17. The molecule has 0 bridgehead atoms. The molecule has 1 aromatic rings. The number of pyridine rings is 1. The lowest BCUT2D eigenvalue weighted by Crippen LogP contribution is -2.45. The molecule has 0 aromatic carbocycles. The molecular weight excluding hydrogens is 268 g/mol. The summed E-state index contributed by atoms with van der Waals surface area (Å²) in [6, 6.07) is 5.64. The molecule has 2 rings (SSSR count). The van der Waals surface area contributed by atoms with Gasteiger partial charge in [0.15, 0.2) is 6.10 Å². The van der Waals surface area contributed by atoms with Gasteiger partial charge in [0.25, 0.3) is 5.91 Å². The molecule has 1 fully saturated rings. The first-order valence-electron chi connectivity index (χ1n) is 7.17. The van der Waals surface area contributed by atoms with E-state index in [1.165, 1.54) is 0 Å². The molecule has 6 heteroatoms. The molecule has 0 spiro atoms. The Morgan fingerprint density at radius 2 is 2.43 bits per heavy atom. The maximum Gasteiger partial charge on any atom is 0.254 e. The lowest BCUT2D eigenvalue weighted by atomic mass is 10.1. The number of morpholine rings is 1. The molecule has 1 N–H and O–H groups in total. The minimum atomic E-state index is -0.538. The Morgan fingerprint density at radius 1 is 1.62 bits per heavy atom. The van der Waals surface area contributed by atoms with Gasteiger partial charge in [-0.1, -0.05) is 13.3 Å². The number of ether oxygens (including phenoxy) is 1. The zero-order valence-electron chi connectivity index (χ0n) is 12.4. The fourth-order valence-corrected chi connectivity index (χ4v) is 2.32. The average molecular weight is 288 g/mol. The Labute approximate surface area is 124 Å². The fraction of sp³-hybridized carbons (Fsp3) is 0.533. The number of nitrogens with zero attached hydrogens (tertiary/aromatic N) is 3. The highest BCUT2D eigenvalue weighted by molar-refractivity contribution is 5.95. The van der Waals surface area contributed by atoms with Gasteiger partial charge in [-0.2, -0.15) is 5.26 Å². The van der Waals surface area contributed by atoms with Crippen LogP contribution in [0.3, 0.4) is 0 Å². The van der Waals surface area contributed by atoms with Crippen molar-refractivity contribution in [3.63, 3.8) is 0 Å². The number of rotatable bonds is 4. The first-order chi connectivity index (χ1) is 10.2. The molecule has 6 nitrogen and oxygen atoms in total. The molecule has 1 saturated heterocycles. The molecule has 1 aromatic heterocycles. The van der Waals surface area contributed by atoms with Gasteiger partial charge in [0.2, 0.25) is 0 Å². The fourth-order valence-electron chi connectivity index (χ4n) is 2.32. The predicted molar refractivity (Wildman–Crippen MR) is 79.0 cm³/mol. The lowest BCUT2D eigenvalue weighted by Gasteiger charge is -2.30. The summed E-state index contributed by atoms with van der Waals surface area (Å²) in [6.45, 7) is 3.30. The van der Waals surface area contributed by atoms with Gasteiger partial charge in [-0.05, 0) is 18.6 Å². The van der Waals surface area contributed by atoms with Crippen molar-refractivity contribution in [2.45, 2.75) is 25.9 Å². The summed E-state index contributed by atoms with van der Waals surface area (Å²) in [7, 11) is 1.78. The van der Waals surface area contributed by atoms with Crippen molar-refractivity contribution < 1.29 is 9.53 Å². The number of anilines is 1. The Kier molecular flexibility index (Phi) is 5.12. The molecule has 2 heterocycles. The van der Waals surface area contributed by atoms with Gasteiger partial charge in [0.1, 0.15) is 5.82 Å². The van der Waals surface area contributed by atoms with Crippen LogP contribution in [0.4, 0.5) is 5.82 Å². The minimum Gasteiger partial charge on any atom is -0.373 e. The van der Waals surface area contributed by atoms with Crippen LogP contribution in [0.25, 0.3) is 0 Å². The zero-order valence-corrected chi connectivity index (χ0v) is 12.4. The molecule has 0 saturated carbocycles. The normalized spacial score (nSPS) is 18.1. The second-order valence-corrected chi connectivity index (χ2v) is 4.97. The number of aromatic nitrogens is 1. The minimum absolute atomic E-state index is 0.0743. The van der Waals surface area contributed by atoms with E-state index < -0.39 is 6.10 Å². The van der Waals surface area contributed by atoms with Crippen molar-refractivity contribution in [3.05, 3.63) is 23.4 Å². The van der Waals surface area contributed by atoms with E-state index in [1.54, 1.807) is 18.0 Å². The van der Waals surface area contributed by atoms with Crippen molar-refractivity contribution >= 4 is 11.7 Å². The van der Waals surface area contributed by atoms with Crippen LogP contribution < -0.4 is 5.32 Å². The van der Waals surface area contributed by atoms with Gasteiger partial charge in [-0.15, -0.1) is 0 Å². The molecule has 1 aliphatic rings. The third-order valence-electron chi connectivity index (χ3n) is 3.39. The van der Waals surface area contributed by atoms with E-state index in [2.05, 4.69) is 23.3 Å². The third kappa shape index (κ3) is 3.70. The van der Waals surface area contributed by atoms with Crippen LogP contribution in [0.2, 0.25) is 0 Å². The summed E-state index contributed by atoms with van der Waals surface area (Å²) in [5, 5.41) is 11.9. The molecule has 112 valence electrons. The van der Waals surface area contributed by atoms with E-state index in [0.717, 1.165) is 18.5 Å². The van der Waals surface area contributed by atoms with E-state index >= 15 is 0 Å². The molecule has 1 atom stereocenters. The van der Waals surface area contributed by atoms with Crippen LogP contribution >= 0.6 is 0 Å². The standard InChI is InChI=1S/C15H20N4O2/c1-3-4-12-7-11(8-14(17-2)18-12)15(20)19-5-6-21-13(9-16)10-19/h7-8,13H,3-6,10H2,1-2H3,(H,17,18). The van der Waals surface area contributed by atoms with Gasteiger partial charge < -0.3 is 15.0 Å². The summed E-state index contributed by atoms with van der Waals surface area (Å²) in [6.07, 6.45) is 1.27. The summed E-state index contributed by atoms with van der Waals surface area (Å²) in [5.74, 6) is 0.615. The number of hydrogen-bond acceptors (Lipinski definition) is 5. The smallest absolute Gasteiger partial charge is 0.254 e. The summed E-state index contributed by atoms with van der Waals surface area (Å²) >= 11 is 0. The van der Waals surface area contributed by atoms with E-state index in [0.29, 0.717) is 31.1 Å². The Morgan fingerprint density at radius 3 is 3.10 bits per heavy atom. The molecule has 1 amide bonds. The van der Waals surface area contributed by atoms with Crippen LogP contribution in [-0.2, 0) is 11.2 Å². The number of nitrogens with one attached hydrogen (secondary N) is 1. The number of hydrogen-bond donors (Lipinski definition) is 1. The van der Waals surface area contributed by atoms with Gasteiger partial charge in [-0.25, -0.2) is 4.98 Å². The van der Waals surface area contributed by atoms with E-state index in [4.69, 9.17) is 10.00 Å². The second-order valence-electron chi connectivity index (χ2n) is 4.97. The van der Waals surface area contributed by atoms with Gasteiger partial charge in [0.05, 0.1) is 19.2 Å². The van der Waals surface area contributed by atoms with Crippen LogP contribution in [0, 0.1) is 11.3 Å². The van der Waals surface area contributed by atoms with Crippen LogP contribution in [-0.4, -0.2) is 48.6 Å². The quantitative estimate of drug-likeness (QED) is 0.907. The van der Waals surface area contributed by atoms with Crippen molar-refractivity contribution in [2.24, 2.45) is 0 Å². The third-order valence-corrected chi connectivity index (χ3v) is 3.39. The maximum absolute atomic E-state index is 12.6. The SMILES string of the molecule is CCCc1cc(C(=O)N2CCOC(C#N)C2)cc(NC)n1. The first kappa shape index (κ1) is 15.3. The van der Waals surface area contributed by atoms with E-state index in [-0.39, 0.29) is 5.91 Å². The Hall–Kier alpha value is -2.13. The highest BCUT2D eigenvalue weighted by Gasteiger charge is 2.25. The number of carbonyl (C=O) groups is 1. The summed E-state index contributed by atoms with van der Waals surface area (Å²) < 4.78 is 5.27. The maximum atomic E-state index is 12.6. The van der Waals surface area contributed by atoms with Crippen LogP contribution in [0.1, 0.15) is 29.4 Å². The van der Waals surface area contributed by atoms with Gasteiger partial charge in [0, 0.05) is 24.8 Å². The van der Waals surface area contributed by atoms with Crippen molar-refractivity contribution in [2.75, 3.05) is 32.1 Å². The van der Waals surface area contributed by atoms with Crippen LogP contribution in [0.15, 0.2) is 12.1 Å². The van der Waals surface area contributed by atoms with Crippen molar-refractivity contribution in [3.8, 4) is 6.07 Å². The van der Waals surface area contributed by atoms with Crippen molar-refractivity contribution in [1.82, 2.24) is 9.88 Å². The molecular formula is C15H20N4O2. The monoisotopic (exact) mass is 288 g/mol. The molecule has 21 heavy (non-hydrogen) atoms. The molecule has 0 radical (unpaired) electrons. The van der Waals surface area contributed by atoms with Crippen LogP contribution in [0.5, 0.6) is 0 Å². The number of nitriles is 1. The van der Waals surface area contributed by atoms with Gasteiger partial charge in [-0.3, -0.25) is 4.79 Å². The van der Waals surface area contributed by atoms with Crippen molar-refractivity contribution in [1.29, 1.82) is 5.26 Å². The molecule has 0 aliphatic carbocycles. The average Bonchev–Trinajstić information content (AvgIpc) is 2.54. The topological polar surface area (TPSA) is 78.2 Å². The predicted octanol–water partition coefficient (Wildman–Crippen LogP) is 1.44. The highest BCUT2D eigenvalue weighted by Crippen LogP contribution is 2.16. The highest BCUT2D eigenvalue weighted by atomic mass is 16.5. The van der Waals surface area contributed by atoms with Gasteiger partial charge >= 0.3 is 0 Å². The largest absolute Gasteiger partial charge is 0.373 e. The number of amides is 1. The van der Waals surface area contributed by atoms with E-state index in [9.17, 15) is 4.79 Å². The van der Waals surface area contributed by atoms with E-state index in [1.807, 2.05) is 6.07 Å². The Balaban J connectivity index is 2.21. The molecule has 1 unspecified atom stereocenters. The molecule has 1 aliphatic heterocycles. The number of carbonyl (C=O) groups excluding carboxylic acids is 1. The second kappa shape index (κ2) is 7.04.